The second-order valence-electron chi connectivity index (χ2n) is 5.37. The van der Waals surface area contributed by atoms with E-state index in [1.165, 1.54) is 6.08 Å². The summed E-state index contributed by atoms with van der Waals surface area (Å²) in [7, 11) is 3.40. The first kappa shape index (κ1) is 17.1. The van der Waals surface area contributed by atoms with Crippen LogP contribution in [0.1, 0.15) is 27.5 Å². The number of hydrogen-bond acceptors (Lipinski definition) is 5. The van der Waals surface area contributed by atoms with E-state index in [1.807, 2.05) is 26.2 Å². The minimum Gasteiger partial charge on any atom is -0.496 e. The standard InChI is InChI=1S/C17H21N3O2S/c1-11-8-18-15(12(2)17(11)22-5)9-20(4)16(21)7-6-14-10-23-13(3)19-14/h6-8,10H,9H2,1-5H3/b7-6+. The summed E-state index contributed by atoms with van der Waals surface area (Å²) in [4.78, 5) is 22.6. The van der Waals surface area contributed by atoms with Crippen molar-refractivity contribution in [1.82, 2.24) is 14.9 Å². The van der Waals surface area contributed by atoms with Crippen molar-refractivity contribution in [3.05, 3.63) is 45.2 Å². The van der Waals surface area contributed by atoms with E-state index in [2.05, 4.69) is 9.97 Å². The molecule has 0 radical (unpaired) electrons. The zero-order valence-corrected chi connectivity index (χ0v) is 14.9. The molecule has 0 unspecified atom stereocenters. The van der Waals surface area contributed by atoms with Gasteiger partial charge in [-0.3, -0.25) is 9.78 Å². The molecule has 0 atom stereocenters. The van der Waals surface area contributed by atoms with E-state index in [0.29, 0.717) is 6.54 Å². The molecule has 0 fully saturated rings. The van der Waals surface area contributed by atoms with Gasteiger partial charge >= 0.3 is 0 Å². The van der Waals surface area contributed by atoms with Gasteiger partial charge in [-0.25, -0.2) is 4.98 Å². The number of methoxy groups -OCH3 is 1. The van der Waals surface area contributed by atoms with E-state index < -0.39 is 0 Å². The SMILES string of the molecule is COc1c(C)cnc(CN(C)C(=O)/C=C/c2csc(C)n2)c1C. The Labute approximate surface area is 140 Å². The van der Waals surface area contributed by atoms with Crippen LogP contribution in [0, 0.1) is 20.8 Å². The summed E-state index contributed by atoms with van der Waals surface area (Å²) >= 11 is 1.56. The van der Waals surface area contributed by atoms with E-state index in [0.717, 1.165) is 33.3 Å². The lowest BCUT2D eigenvalue weighted by Gasteiger charge is -2.18. The normalized spacial score (nSPS) is 11.0. The molecule has 122 valence electrons. The molecular weight excluding hydrogens is 310 g/mol. The molecule has 0 aromatic carbocycles. The monoisotopic (exact) mass is 331 g/mol. The van der Waals surface area contributed by atoms with Crippen LogP contribution in [-0.2, 0) is 11.3 Å². The van der Waals surface area contributed by atoms with Crippen LogP contribution in [0.4, 0.5) is 0 Å². The minimum absolute atomic E-state index is 0.0867. The summed E-state index contributed by atoms with van der Waals surface area (Å²) in [5.74, 6) is 0.737. The molecule has 0 aliphatic rings. The third kappa shape index (κ3) is 4.16. The first-order valence-electron chi connectivity index (χ1n) is 7.26. The summed E-state index contributed by atoms with van der Waals surface area (Å²) in [6.07, 6.45) is 5.04. The molecule has 1 amide bonds. The fraction of sp³-hybridized carbons (Fsp3) is 0.353. The second kappa shape index (κ2) is 7.37. The number of carbonyl (C=O) groups excluding carboxylic acids is 1. The largest absolute Gasteiger partial charge is 0.496 e. The quantitative estimate of drug-likeness (QED) is 0.790. The predicted molar refractivity (Wildman–Crippen MR) is 92.6 cm³/mol. The maximum Gasteiger partial charge on any atom is 0.246 e. The van der Waals surface area contributed by atoms with Crippen LogP contribution in [0.3, 0.4) is 0 Å². The Hall–Kier alpha value is -2.21. The van der Waals surface area contributed by atoms with Crippen LogP contribution < -0.4 is 4.74 Å². The topological polar surface area (TPSA) is 55.3 Å². The third-order valence-corrected chi connectivity index (χ3v) is 4.34. The molecule has 0 saturated heterocycles. The molecule has 0 N–H and O–H groups in total. The van der Waals surface area contributed by atoms with Gasteiger partial charge in [0.2, 0.25) is 5.91 Å². The van der Waals surface area contributed by atoms with Gasteiger partial charge in [-0.2, -0.15) is 0 Å². The Bertz CT molecular complexity index is 737. The molecule has 0 spiro atoms. The number of hydrogen-bond donors (Lipinski definition) is 0. The average Bonchev–Trinajstić information content (AvgIpc) is 2.93. The van der Waals surface area contributed by atoms with Crippen LogP contribution in [0.5, 0.6) is 5.75 Å². The molecule has 6 heteroatoms. The Morgan fingerprint density at radius 1 is 1.39 bits per heavy atom. The number of aryl methyl sites for hydroxylation is 2. The van der Waals surface area contributed by atoms with Gasteiger partial charge in [0, 0.05) is 35.8 Å². The summed E-state index contributed by atoms with van der Waals surface area (Å²) < 4.78 is 5.40. The number of nitrogens with zero attached hydrogens (tertiary/aromatic N) is 3. The van der Waals surface area contributed by atoms with E-state index in [4.69, 9.17) is 4.74 Å². The smallest absolute Gasteiger partial charge is 0.246 e. The lowest BCUT2D eigenvalue weighted by molar-refractivity contribution is -0.125. The highest BCUT2D eigenvalue weighted by atomic mass is 32.1. The molecule has 2 heterocycles. The Morgan fingerprint density at radius 2 is 2.13 bits per heavy atom. The number of ether oxygens (including phenoxy) is 1. The van der Waals surface area contributed by atoms with Crippen LogP contribution in [-0.4, -0.2) is 34.9 Å². The van der Waals surface area contributed by atoms with Gasteiger partial charge in [0.15, 0.2) is 0 Å². The fourth-order valence-corrected chi connectivity index (χ4v) is 2.85. The van der Waals surface area contributed by atoms with Gasteiger partial charge in [-0.1, -0.05) is 0 Å². The molecule has 2 aromatic heterocycles. The van der Waals surface area contributed by atoms with E-state index in [1.54, 1.807) is 42.7 Å². The van der Waals surface area contributed by atoms with Crippen LogP contribution >= 0.6 is 11.3 Å². The number of carbonyl (C=O) groups is 1. The number of rotatable bonds is 5. The first-order chi connectivity index (χ1) is 10.9. The summed E-state index contributed by atoms with van der Waals surface area (Å²) in [5.41, 5.74) is 3.59. The minimum atomic E-state index is -0.0867. The molecule has 5 nitrogen and oxygen atoms in total. The van der Waals surface area contributed by atoms with Crippen molar-refractivity contribution in [3.8, 4) is 5.75 Å². The number of likely N-dealkylation sites (N-methyl/N-ethyl adjacent to an activating group) is 1. The highest BCUT2D eigenvalue weighted by Gasteiger charge is 2.13. The highest BCUT2D eigenvalue weighted by Crippen LogP contribution is 2.24. The van der Waals surface area contributed by atoms with Crippen molar-refractivity contribution in [2.24, 2.45) is 0 Å². The maximum absolute atomic E-state index is 12.2. The Kier molecular flexibility index (Phi) is 5.50. The third-order valence-electron chi connectivity index (χ3n) is 3.55. The van der Waals surface area contributed by atoms with Crippen molar-refractivity contribution < 1.29 is 9.53 Å². The van der Waals surface area contributed by atoms with Crippen LogP contribution in [0.15, 0.2) is 17.7 Å². The zero-order valence-electron chi connectivity index (χ0n) is 14.1. The van der Waals surface area contributed by atoms with Gasteiger partial charge in [0.1, 0.15) is 5.75 Å². The van der Waals surface area contributed by atoms with Gasteiger partial charge in [0.05, 0.1) is 30.1 Å². The van der Waals surface area contributed by atoms with Gasteiger partial charge in [-0.15, -0.1) is 11.3 Å². The summed E-state index contributed by atoms with van der Waals surface area (Å²) in [6.45, 7) is 6.29. The fourth-order valence-electron chi connectivity index (χ4n) is 2.27. The molecule has 2 rings (SSSR count). The molecule has 2 aromatic rings. The van der Waals surface area contributed by atoms with E-state index in [9.17, 15) is 4.79 Å². The first-order valence-corrected chi connectivity index (χ1v) is 8.14. The van der Waals surface area contributed by atoms with Gasteiger partial charge in [-0.05, 0) is 26.8 Å². The molecular formula is C17H21N3O2S. The van der Waals surface area contributed by atoms with Crippen molar-refractivity contribution >= 4 is 23.3 Å². The Balaban J connectivity index is 2.08. The maximum atomic E-state index is 12.2. The van der Waals surface area contributed by atoms with Crippen molar-refractivity contribution in [1.29, 1.82) is 0 Å². The lowest BCUT2D eigenvalue weighted by Crippen LogP contribution is -2.25. The van der Waals surface area contributed by atoms with Gasteiger partial charge in [0.25, 0.3) is 0 Å². The summed E-state index contributed by atoms with van der Waals surface area (Å²) in [6, 6.07) is 0. The van der Waals surface area contributed by atoms with Crippen molar-refractivity contribution in [2.45, 2.75) is 27.3 Å². The molecule has 23 heavy (non-hydrogen) atoms. The number of aromatic nitrogens is 2. The van der Waals surface area contributed by atoms with E-state index in [-0.39, 0.29) is 5.91 Å². The molecule has 0 aliphatic heterocycles. The predicted octanol–water partition coefficient (Wildman–Crippen LogP) is 3.14. The summed E-state index contributed by atoms with van der Waals surface area (Å²) in [5, 5.41) is 2.91. The molecule has 0 saturated carbocycles. The second-order valence-corrected chi connectivity index (χ2v) is 6.43. The van der Waals surface area contributed by atoms with Gasteiger partial charge < -0.3 is 9.64 Å². The van der Waals surface area contributed by atoms with Crippen molar-refractivity contribution in [2.75, 3.05) is 14.2 Å². The average molecular weight is 331 g/mol. The molecule has 0 bridgehead atoms. The van der Waals surface area contributed by atoms with Crippen LogP contribution in [0.2, 0.25) is 0 Å². The highest BCUT2D eigenvalue weighted by molar-refractivity contribution is 7.09. The zero-order chi connectivity index (χ0) is 17.0. The van der Waals surface area contributed by atoms with Crippen molar-refractivity contribution in [3.63, 3.8) is 0 Å². The molecule has 0 aliphatic carbocycles. The lowest BCUT2D eigenvalue weighted by atomic mass is 10.1. The Morgan fingerprint density at radius 3 is 2.74 bits per heavy atom. The number of amides is 1. The number of pyridine rings is 1. The van der Waals surface area contributed by atoms with E-state index >= 15 is 0 Å². The number of thiazole rings is 1. The van der Waals surface area contributed by atoms with Crippen LogP contribution in [0.25, 0.3) is 6.08 Å².